The van der Waals surface area contributed by atoms with E-state index in [-0.39, 0.29) is 30.5 Å². The highest BCUT2D eigenvalue weighted by Crippen LogP contribution is 2.32. The number of aliphatic hydroxyl groups is 1. The summed E-state index contributed by atoms with van der Waals surface area (Å²) in [6.07, 6.45) is 6.02. The van der Waals surface area contributed by atoms with Crippen molar-refractivity contribution in [1.29, 1.82) is 0 Å². The van der Waals surface area contributed by atoms with Gasteiger partial charge < -0.3 is 34.5 Å². The van der Waals surface area contributed by atoms with Crippen LogP contribution in [0.1, 0.15) is 67.7 Å². The Kier molecular flexibility index (Phi) is 11.2. The van der Waals surface area contributed by atoms with Crippen molar-refractivity contribution in [3.05, 3.63) is 77.9 Å². The molecule has 4 N–H and O–H groups in total. The monoisotopic (exact) mass is 669 g/mol. The van der Waals surface area contributed by atoms with E-state index in [9.17, 15) is 18.4 Å². The number of alkyl carbamates (subject to hydrolysis) is 1. The summed E-state index contributed by atoms with van der Waals surface area (Å²) in [5, 5.41) is 21.3. The van der Waals surface area contributed by atoms with Gasteiger partial charge in [-0.15, -0.1) is 0 Å². The number of aromatic nitrogens is 3. The Morgan fingerprint density at radius 3 is 2.62 bits per heavy atom. The first-order chi connectivity index (χ1) is 23.0. The molecule has 1 fully saturated rings. The van der Waals surface area contributed by atoms with Gasteiger partial charge in [-0.05, 0) is 69.4 Å². The molecule has 0 saturated heterocycles. The lowest BCUT2D eigenvalue weighted by Gasteiger charge is -2.32. The molecule has 48 heavy (non-hydrogen) atoms. The van der Waals surface area contributed by atoms with Gasteiger partial charge in [0.2, 0.25) is 5.89 Å². The number of nitrogens with zero attached hydrogens (tertiary/aromatic N) is 4. The lowest BCUT2D eigenvalue weighted by molar-refractivity contribution is 0.0471. The number of alkyl halides is 2. The Morgan fingerprint density at radius 2 is 1.94 bits per heavy atom. The van der Waals surface area contributed by atoms with E-state index in [4.69, 9.17) is 19.0 Å². The summed E-state index contributed by atoms with van der Waals surface area (Å²) in [6.45, 7) is 8.00. The van der Waals surface area contributed by atoms with Crippen molar-refractivity contribution in [2.45, 2.75) is 58.3 Å². The van der Waals surface area contributed by atoms with Gasteiger partial charge in [0, 0.05) is 31.4 Å². The normalized spacial score (nSPS) is 16.3. The molecule has 2 aromatic heterocycles. The van der Waals surface area contributed by atoms with Crippen molar-refractivity contribution in [1.82, 2.24) is 30.3 Å². The fourth-order valence-electron chi connectivity index (χ4n) is 4.84. The smallest absolute Gasteiger partial charge is 0.409 e. The molecule has 2 aliphatic rings. The fraction of sp³-hybridized carbons (Fsp3) is 0.455. The predicted octanol–water partition coefficient (Wildman–Crippen LogP) is 4.62. The summed E-state index contributed by atoms with van der Waals surface area (Å²) in [6, 6.07) is 7.14. The number of aliphatic hydroxyl groups excluding tert-OH is 1. The lowest BCUT2D eigenvalue weighted by atomic mass is 10.1. The van der Waals surface area contributed by atoms with Crippen molar-refractivity contribution in [2.75, 3.05) is 38.2 Å². The van der Waals surface area contributed by atoms with E-state index in [0.29, 0.717) is 36.9 Å². The predicted molar refractivity (Wildman–Crippen MR) is 172 cm³/mol. The van der Waals surface area contributed by atoms with Crippen LogP contribution in [-0.4, -0.2) is 81.4 Å². The Bertz CT molecular complexity index is 1610. The highest BCUT2D eigenvalue weighted by molar-refractivity contribution is 6.03. The van der Waals surface area contributed by atoms with Crippen molar-refractivity contribution >= 4 is 23.3 Å². The minimum atomic E-state index is -2.95. The number of ether oxygens (including phenoxy) is 2. The number of halogens is 2. The number of oxazole rings is 1. The number of anilines is 1. The third kappa shape index (κ3) is 9.71. The number of benzene rings is 1. The number of amides is 2. The molecule has 1 aliphatic heterocycles. The summed E-state index contributed by atoms with van der Waals surface area (Å²) >= 11 is 0. The SMILES string of the molecule is CC(C)(C)OC(=O)NC1C=C(c2nc(C(=O)Nc3cn(-c4ccc(CNCCOCCO)cc4)nc3C(F)F)co2)C=CN1CC1CC1. The summed E-state index contributed by atoms with van der Waals surface area (Å²) < 4.78 is 45.4. The zero-order valence-electron chi connectivity index (χ0n) is 27.1. The minimum Gasteiger partial charge on any atom is -0.444 e. The molecule has 1 aromatic carbocycles. The van der Waals surface area contributed by atoms with Gasteiger partial charge in [-0.1, -0.05) is 12.1 Å². The van der Waals surface area contributed by atoms with Gasteiger partial charge >= 0.3 is 6.09 Å². The first-order valence-corrected chi connectivity index (χ1v) is 15.8. The van der Waals surface area contributed by atoms with Gasteiger partial charge in [0.25, 0.3) is 12.3 Å². The summed E-state index contributed by atoms with van der Waals surface area (Å²) in [5.41, 5.74) is 0.460. The Hall–Kier alpha value is -4.60. The molecule has 5 rings (SSSR count). The molecule has 1 atom stereocenters. The van der Waals surface area contributed by atoms with Crippen LogP contribution in [0.15, 0.2) is 59.5 Å². The van der Waals surface area contributed by atoms with E-state index in [1.807, 2.05) is 23.2 Å². The first-order valence-electron chi connectivity index (χ1n) is 15.8. The number of carbonyl (C=O) groups excluding carboxylic acids is 2. The van der Waals surface area contributed by atoms with E-state index in [0.717, 1.165) is 31.2 Å². The summed E-state index contributed by atoms with van der Waals surface area (Å²) in [4.78, 5) is 32.0. The van der Waals surface area contributed by atoms with E-state index in [1.54, 1.807) is 45.1 Å². The Balaban J connectivity index is 1.24. The standard InChI is InChI=1S/C33H41F2N7O6/c1-33(2,3)48-32(45)39-27-16-23(10-12-41(27)18-22-4-5-22)31-38-26(20-47-31)30(44)37-25-19-42(40-28(25)29(34)35)24-8-6-21(7-9-24)17-36-11-14-46-15-13-43/h6-10,12,16,19-20,22,27,29,36,43H,4-5,11,13-15,17-18H2,1-3H3,(H,37,44)(H,39,45). The molecular formula is C33H41F2N7O6. The summed E-state index contributed by atoms with van der Waals surface area (Å²) in [5.74, 6) is -0.0892. The number of hydrogen-bond acceptors (Lipinski definition) is 10. The number of allylic oxidation sites excluding steroid dienone is 2. The maximum Gasteiger partial charge on any atom is 0.409 e. The molecule has 0 spiro atoms. The molecule has 0 radical (unpaired) electrons. The lowest BCUT2D eigenvalue weighted by Crippen LogP contribution is -2.48. The highest BCUT2D eigenvalue weighted by atomic mass is 19.3. The second-order valence-electron chi connectivity index (χ2n) is 12.5. The molecular weight excluding hydrogens is 628 g/mol. The number of carbonyl (C=O) groups is 2. The van der Waals surface area contributed by atoms with Crippen LogP contribution in [0.4, 0.5) is 19.3 Å². The fourth-order valence-corrected chi connectivity index (χ4v) is 4.84. The molecule has 15 heteroatoms. The van der Waals surface area contributed by atoms with Crippen LogP contribution in [0.5, 0.6) is 0 Å². The van der Waals surface area contributed by atoms with Crippen LogP contribution in [0.2, 0.25) is 0 Å². The third-order valence-electron chi connectivity index (χ3n) is 7.34. The molecule has 1 aliphatic carbocycles. The maximum atomic E-state index is 14.0. The highest BCUT2D eigenvalue weighted by Gasteiger charge is 2.30. The molecule has 3 heterocycles. The second kappa shape index (κ2) is 15.5. The van der Waals surface area contributed by atoms with Gasteiger partial charge in [-0.3, -0.25) is 10.1 Å². The Labute approximate surface area is 277 Å². The van der Waals surface area contributed by atoms with Gasteiger partial charge in [0.05, 0.1) is 37.4 Å². The zero-order chi connectivity index (χ0) is 34.3. The van der Waals surface area contributed by atoms with Crippen molar-refractivity contribution in [3.8, 4) is 5.69 Å². The van der Waals surface area contributed by atoms with Gasteiger partial charge in [0.1, 0.15) is 18.0 Å². The van der Waals surface area contributed by atoms with Crippen LogP contribution < -0.4 is 16.0 Å². The Morgan fingerprint density at radius 1 is 1.17 bits per heavy atom. The number of rotatable bonds is 15. The average Bonchev–Trinajstić information content (AvgIpc) is 3.52. The van der Waals surface area contributed by atoms with Crippen LogP contribution in [0.3, 0.4) is 0 Å². The molecule has 1 saturated carbocycles. The molecule has 3 aromatic rings. The van der Waals surface area contributed by atoms with Gasteiger partial charge in [0.15, 0.2) is 11.4 Å². The largest absolute Gasteiger partial charge is 0.444 e. The first kappa shape index (κ1) is 34.7. The van der Waals surface area contributed by atoms with Gasteiger partial charge in [-0.2, -0.15) is 5.10 Å². The van der Waals surface area contributed by atoms with Crippen molar-refractivity contribution < 1.29 is 37.4 Å². The quantitative estimate of drug-likeness (QED) is 0.169. The summed E-state index contributed by atoms with van der Waals surface area (Å²) in [7, 11) is 0. The van der Waals surface area contributed by atoms with Crippen molar-refractivity contribution in [3.63, 3.8) is 0 Å². The molecule has 258 valence electrons. The van der Waals surface area contributed by atoms with Crippen LogP contribution in [-0.2, 0) is 16.0 Å². The maximum absolute atomic E-state index is 14.0. The molecule has 13 nitrogen and oxygen atoms in total. The number of nitrogens with one attached hydrogen (secondary N) is 3. The average molecular weight is 670 g/mol. The van der Waals surface area contributed by atoms with Crippen LogP contribution in [0.25, 0.3) is 11.3 Å². The van der Waals surface area contributed by atoms with E-state index in [2.05, 4.69) is 26.0 Å². The zero-order valence-corrected chi connectivity index (χ0v) is 27.1. The second-order valence-corrected chi connectivity index (χ2v) is 12.5. The van der Waals surface area contributed by atoms with Gasteiger partial charge in [-0.25, -0.2) is 23.2 Å². The van der Waals surface area contributed by atoms with E-state index in [1.165, 1.54) is 10.9 Å². The minimum absolute atomic E-state index is 0.0252. The topological polar surface area (TPSA) is 156 Å². The molecule has 1 unspecified atom stereocenters. The van der Waals surface area contributed by atoms with Crippen molar-refractivity contribution in [2.24, 2.45) is 5.92 Å². The van der Waals surface area contributed by atoms with E-state index >= 15 is 0 Å². The van der Waals surface area contributed by atoms with Crippen LogP contribution >= 0.6 is 0 Å². The molecule has 2 amide bonds. The van der Waals surface area contributed by atoms with E-state index < -0.39 is 35.9 Å². The number of hydrogen-bond donors (Lipinski definition) is 4. The molecule has 0 bridgehead atoms. The third-order valence-corrected chi connectivity index (χ3v) is 7.34. The van der Waals surface area contributed by atoms with Crippen LogP contribution in [0, 0.1) is 5.92 Å².